The van der Waals surface area contributed by atoms with Crippen LogP contribution >= 0.6 is 0 Å². The Morgan fingerprint density at radius 3 is 2.59 bits per heavy atom. The van der Waals surface area contributed by atoms with Crippen LogP contribution in [0.15, 0.2) is 29.2 Å². The molecule has 22 heavy (non-hydrogen) atoms. The highest BCUT2D eigenvalue weighted by Crippen LogP contribution is 2.48. The van der Waals surface area contributed by atoms with Gasteiger partial charge in [0.05, 0.1) is 4.90 Å². The van der Waals surface area contributed by atoms with Crippen LogP contribution in [0, 0.1) is 17.8 Å². The Balaban J connectivity index is 1.75. The van der Waals surface area contributed by atoms with Gasteiger partial charge in [-0.25, -0.2) is 12.7 Å². The third-order valence-electron chi connectivity index (χ3n) is 4.96. The van der Waals surface area contributed by atoms with Crippen LogP contribution in [0.4, 0.5) is 5.69 Å². The third-order valence-corrected chi connectivity index (χ3v) is 6.77. The lowest BCUT2D eigenvalue weighted by atomic mass is 9.88. The number of nitrogens with zero attached hydrogens (tertiary/aromatic N) is 1. The molecule has 2 bridgehead atoms. The van der Waals surface area contributed by atoms with Crippen LogP contribution in [-0.4, -0.2) is 32.7 Å². The second kappa shape index (κ2) is 5.66. The van der Waals surface area contributed by atoms with Gasteiger partial charge in [0.15, 0.2) is 0 Å². The molecule has 1 amide bonds. The van der Waals surface area contributed by atoms with Gasteiger partial charge in [0, 0.05) is 25.7 Å². The molecular formula is C16H22N2O3S. The molecule has 6 heteroatoms. The van der Waals surface area contributed by atoms with Crippen molar-refractivity contribution in [1.29, 1.82) is 0 Å². The molecule has 5 nitrogen and oxygen atoms in total. The van der Waals surface area contributed by atoms with E-state index in [9.17, 15) is 13.2 Å². The predicted molar refractivity (Wildman–Crippen MR) is 84.9 cm³/mol. The van der Waals surface area contributed by atoms with Gasteiger partial charge in [-0.2, -0.15) is 0 Å². The summed E-state index contributed by atoms with van der Waals surface area (Å²) in [5.41, 5.74) is 0.552. The van der Waals surface area contributed by atoms with Crippen LogP contribution in [0.2, 0.25) is 0 Å². The van der Waals surface area contributed by atoms with E-state index in [1.54, 1.807) is 18.2 Å². The SMILES string of the molecule is CN(C)S(=O)(=O)c1cccc(NC(=O)[C@H]2C[C@H]3CC[C@H]2C3)c1. The van der Waals surface area contributed by atoms with Crippen LogP contribution in [0.1, 0.15) is 25.7 Å². The standard InChI is InChI=1S/C16H22N2O3S/c1-18(2)22(20,21)14-5-3-4-13(10-14)17-16(19)15-9-11-6-7-12(15)8-11/h3-5,10-12,15H,6-9H2,1-2H3,(H,17,19)/t11-,12-,15-/m0/s1. The van der Waals surface area contributed by atoms with E-state index in [2.05, 4.69) is 5.32 Å². The van der Waals surface area contributed by atoms with E-state index in [1.165, 1.54) is 37.3 Å². The van der Waals surface area contributed by atoms with Crippen molar-refractivity contribution in [2.75, 3.05) is 19.4 Å². The molecule has 2 aliphatic rings. The Morgan fingerprint density at radius 2 is 2.00 bits per heavy atom. The average Bonchev–Trinajstić information content (AvgIpc) is 3.10. The van der Waals surface area contributed by atoms with E-state index in [4.69, 9.17) is 0 Å². The quantitative estimate of drug-likeness (QED) is 0.925. The van der Waals surface area contributed by atoms with E-state index in [1.807, 2.05) is 0 Å². The average molecular weight is 322 g/mol. The molecule has 120 valence electrons. The maximum atomic E-state index is 12.4. The van der Waals surface area contributed by atoms with Crippen LogP contribution in [0.25, 0.3) is 0 Å². The lowest BCUT2D eigenvalue weighted by Crippen LogP contribution is -2.27. The third kappa shape index (κ3) is 2.77. The first-order valence-electron chi connectivity index (χ1n) is 7.71. The lowest BCUT2D eigenvalue weighted by Gasteiger charge is -2.21. The van der Waals surface area contributed by atoms with Crippen molar-refractivity contribution in [1.82, 2.24) is 4.31 Å². The van der Waals surface area contributed by atoms with Crippen LogP contribution in [-0.2, 0) is 14.8 Å². The number of hydrogen-bond donors (Lipinski definition) is 1. The Hall–Kier alpha value is -1.40. The summed E-state index contributed by atoms with van der Waals surface area (Å²) in [7, 11) is -0.489. The number of carbonyl (C=O) groups excluding carboxylic acids is 1. The van der Waals surface area contributed by atoms with E-state index in [-0.39, 0.29) is 16.7 Å². The molecule has 3 rings (SSSR count). The number of carbonyl (C=O) groups is 1. The van der Waals surface area contributed by atoms with Crippen LogP contribution < -0.4 is 5.32 Å². The van der Waals surface area contributed by atoms with Crippen molar-refractivity contribution >= 4 is 21.6 Å². The van der Waals surface area contributed by atoms with Gasteiger partial charge < -0.3 is 5.32 Å². The summed E-state index contributed by atoms with van der Waals surface area (Å²) in [6, 6.07) is 6.47. The minimum absolute atomic E-state index is 0.0339. The summed E-state index contributed by atoms with van der Waals surface area (Å²) in [4.78, 5) is 12.6. The Labute approximate surface area is 131 Å². The predicted octanol–water partition coefficient (Wildman–Crippen LogP) is 2.31. The van der Waals surface area contributed by atoms with Gasteiger partial charge in [0.2, 0.25) is 15.9 Å². The highest BCUT2D eigenvalue weighted by molar-refractivity contribution is 7.89. The van der Waals surface area contributed by atoms with Crippen LogP contribution in [0.3, 0.4) is 0 Å². The van der Waals surface area contributed by atoms with E-state index in [0.29, 0.717) is 17.5 Å². The Bertz CT molecular complexity index is 684. The highest BCUT2D eigenvalue weighted by atomic mass is 32.2. The molecule has 0 aliphatic heterocycles. The van der Waals surface area contributed by atoms with Gasteiger partial charge in [-0.05, 0) is 49.3 Å². The fourth-order valence-electron chi connectivity index (χ4n) is 3.75. The van der Waals surface area contributed by atoms with Crippen molar-refractivity contribution in [3.05, 3.63) is 24.3 Å². The Morgan fingerprint density at radius 1 is 1.23 bits per heavy atom. The number of rotatable bonds is 4. The first-order chi connectivity index (χ1) is 10.4. The molecule has 0 radical (unpaired) electrons. The maximum Gasteiger partial charge on any atom is 0.242 e. The summed E-state index contributed by atoms with van der Waals surface area (Å²) in [6.45, 7) is 0. The summed E-state index contributed by atoms with van der Waals surface area (Å²) in [5.74, 6) is 1.35. The number of nitrogens with one attached hydrogen (secondary N) is 1. The van der Waals surface area contributed by atoms with Gasteiger partial charge in [0.25, 0.3) is 0 Å². The zero-order chi connectivity index (χ0) is 15.9. The number of sulfonamides is 1. The first-order valence-corrected chi connectivity index (χ1v) is 9.15. The molecule has 0 heterocycles. The second-order valence-electron chi connectivity index (χ2n) is 6.59. The van der Waals surface area contributed by atoms with E-state index in [0.717, 1.165) is 12.8 Å². The fraction of sp³-hybridized carbons (Fsp3) is 0.562. The minimum atomic E-state index is -3.48. The zero-order valence-electron chi connectivity index (χ0n) is 13.0. The van der Waals surface area contributed by atoms with Crippen molar-refractivity contribution in [3.63, 3.8) is 0 Å². The zero-order valence-corrected chi connectivity index (χ0v) is 13.8. The molecule has 0 saturated heterocycles. The number of fused-ring (bicyclic) bond motifs is 2. The van der Waals surface area contributed by atoms with E-state index < -0.39 is 10.0 Å². The summed E-state index contributed by atoms with van der Waals surface area (Å²) in [5, 5.41) is 2.90. The second-order valence-corrected chi connectivity index (χ2v) is 8.74. The topological polar surface area (TPSA) is 66.5 Å². The largest absolute Gasteiger partial charge is 0.326 e. The monoisotopic (exact) mass is 322 g/mol. The van der Waals surface area contributed by atoms with Crippen LogP contribution in [0.5, 0.6) is 0 Å². The van der Waals surface area contributed by atoms with Crippen molar-refractivity contribution in [3.8, 4) is 0 Å². The van der Waals surface area contributed by atoms with Crippen molar-refractivity contribution in [2.24, 2.45) is 17.8 Å². The summed E-state index contributed by atoms with van der Waals surface area (Å²) >= 11 is 0. The number of hydrogen-bond acceptors (Lipinski definition) is 3. The molecule has 0 aromatic heterocycles. The molecule has 0 spiro atoms. The molecule has 1 aromatic rings. The maximum absolute atomic E-state index is 12.4. The number of amides is 1. The lowest BCUT2D eigenvalue weighted by molar-refractivity contribution is -0.121. The molecule has 2 saturated carbocycles. The van der Waals surface area contributed by atoms with Gasteiger partial charge >= 0.3 is 0 Å². The minimum Gasteiger partial charge on any atom is -0.326 e. The molecular weight excluding hydrogens is 300 g/mol. The smallest absolute Gasteiger partial charge is 0.242 e. The fourth-order valence-corrected chi connectivity index (χ4v) is 4.69. The molecule has 3 atom stereocenters. The van der Waals surface area contributed by atoms with E-state index >= 15 is 0 Å². The highest BCUT2D eigenvalue weighted by Gasteiger charge is 2.43. The van der Waals surface area contributed by atoms with Gasteiger partial charge in [0.1, 0.15) is 0 Å². The number of benzene rings is 1. The van der Waals surface area contributed by atoms with Crippen molar-refractivity contribution < 1.29 is 13.2 Å². The summed E-state index contributed by atoms with van der Waals surface area (Å²) in [6.07, 6.45) is 4.56. The van der Waals surface area contributed by atoms with Gasteiger partial charge in [-0.1, -0.05) is 12.5 Å². The number of anilines is 1. The van der Waals surface area contributed by atoms with Gasteiger partial charge in [-0.15, -0.1) is 0 Å². The molecule has 2 fully saturated rings. The molecule has 1 aromatic carbocycles. The molecule has 2 aliphatic carbocycles. The van der Waals surface area contributed by atoms with Crippen molar-refractivity contribution in [2.45, 2.75) is 30.6 Å². The summed E-state index contributed by atoms with van der Waals surface area (Å²) < 4.78 is 25.5. The Kier molecular flexibility index (Phi) is 3.99. The molecule has 1 N–H and O–H groups in total. The first kappa shape index (κ1) is 15.5. The normalized spacial score (nSPS) is 27.3. The molecule has 0 unspecified atom stereocenters. The van der Waals surface area contributed by atoms with Gasteiger partial charge in [-0.3, -0.25) is 4.79 Å².